The molecule has 0 radical (unpaired) electrons. The maximum atomic E-state index is 12.8. The average molecular weight is 275 g/mol. The Bertz CT molecular complexity index is 445. The second-order valence-electron chi connectivity index (χ2n) is 3.53. The van der Waals surface area contributed by atoms with Crippen LogP contribution in [0.2, 0.25) is 0 Å². The minimum absolute atomic E-state index is 0.0515. The molecule has 19 heavy (non-hydrogen) atoms. The van der Waals surface area contributed by atoms with Crippen molar-refractivity contribution in [3.63, 3.8) is 0 Å². The van der Waals surface area contributed by atoms with Gasteiger partial charge < -0.3 is 4.74 Å². The van der Waals surface area contributed by atoms with Crippen LogP contribution < -0.4 is 0 Å². The van der Waals surface area contributed by atoms with Crippen LogP contribution >= 0.6 is 0 Å². The molecule has 0 bridgehead atoms. The SMILES string of the molecule is CCOC(=O)CN(C(=O)c1ccccc1)C(F)(F)F. The van der Waals surface area contributed by atoms with Crippen LogP contribution in [0.1, 0.15) is 17.3 Å². The number of carbonyl (C=O) groups excluding carboxylic acids is 2. The maximum Gasteiger partial charge on any atom is 0.487 e. The van der Waals surface area contributed by atoms with Gasteiger partial charge in [0.05, 0.1) is 6.61 Å². The van der Waals surface area contributed by atoms with Crippen molar-refractivity contribution in [1.29, 1.82) is 0 Å². The molecule has 1 aromatic carbocycles. The number of ether oxygens (including phenoxy) is 1. The molecule has 104 valence electrons. The number of esters is 1. The third-order valence-corrected chi connectivity index (χ3v) is 2.16. The van der Waals surface area contributed by atoms with E-state index in [9.17, 15) is 22.8 Å². The molecule has 0 heterocycles. The molecule has 0 saturated carbocycles. The van der Waals surface area contributed by atoms with Crippen LogP contribution in [-0.4, -0.2) is 36.2 Å². The van der Waals surface area contributed by atoms with E-state index in [4.69, 9.17) is 0 Å². The zero-order chi connectivity index (χ0) is 14.5. The van der Waals surface area contributed by atoms with Gasteiger partial charge in [-0.2, -0.15) is 0 Å². The lowest BCUT2D eigenvalue weighted by Crippen LogP contribution is -2.46. The Hall–Kier alpha value is -2.05. The van der Waals surface area contributed by atoms with Gasteiger partial charge in [0, 0.05) is 5.56 Å². The number of hydrogen-bond donors (Lipinski definition) is 0. The van der Waals surface area contributed by atoms with Gasteiger partial charge in [-0.15, -0.1) is 13.2 Å². The number of benzene rings is 1. The minimum Gasteiger partial charge on any atom is -0.465 e. The summed E-state index contributed by atoms with van der Waals surface area (Å²) in [6, 6.07) is 6.93. The Morgan fingerprint density at radius 3 is 2.26 bits per heavy atom. The molecular formula is C12H12F3NO3. The van der Waals surface area contributed by atoms with Crippen LogP contribution in [-0.2, 0) is 9.53 Å². The predicted molar refractivity (Wildman–Crippen MR) is 60.2 cm³/mol. The number of hydrogen-bond acceptors (Lipinski definition) is 3. The Balaban J connectivity index is 2.92. The second-order valence-corrected chi connectivity index (χ2v) is 3.53. The molecular weight excluding hydrogens is 263 g/mol. The fourth-order valence-electron chi connectivity index (χ4n) is 1.35. The molecule has 0 atom stereocenters. The summed E-state index contributed by atoms with van der Waals surface area (Å²) < 4.78 is 42.7. The number of halogens is 3. The maximum absolute atomic E-state index is 12.8. The van der Waals surface area contributed by atoms with Crippen molar-refractivity contribution in [1.82, 2.24) is 4.90 Å². The predicted octanol–water partition coefficient (Wildman–Crippen LogP) is 2.21. The topological polar surface area (TPSA) is 46.6 Å². The molecule has 0 saturated heterocycles. The van der Waals surface area contributed by atoms with Crippen molar-refractivity contribution >= 4 is 11.9 Å². The normalized spacial score (nSPS) is 10.9. The highest BCUT2D eigenvalue weighted by molar-refractivity contribution is 5.96. The molecule has 0 unspecified atom stereocenters. The monoisotopic (exact) mass is 275 g/mol. The number of alkyl halides is 3. The Morgan fingerprint density at radius 2 is 1.79 bits per heavy atom. The van der Waals surface area contributed by atoms with E-state index in [-0.39, 0.29) is 12.2 Å². The highest BCUT2D eigenvalue weighted by Gasteiger charge is 2.42. The van der Waals surface area contributed by atoms with E-state index >= 15 is 0 Å². The van der Waals surface area contributed by atoms with Crippen LogP contribution in [0.5, 0.6) is 0 Å². The van der Waals surface area contributed by atoms with E-state index in [0.717, 1.165) is 0 Å². The summed E-state index contributed by atoms with van der Waals surface area (Å²) in [7, 11) is 0. The van der Waals surface area contributed by atoms with Crippen LogP contribution in [0.4, 0.5) is 13.2 Å². The quantitative estimate of drug-likeness (QED) is 0.625. The van der Waals surface area contributed by atoms with Crippen molar-refractivity contribution in [2.24, 2.45) is 0 Å². The van der Waals surface area contributed by atoms with E-state index in [1.807, 2.05) is 0 Å². The molecule has 0 aliphatic rings. The molecule has 0 spiro atoms. The summed E-state index contributed by atoms with van der Waals surface area (Å²) in [6.45, 7) is 0.254. The van der Waals surface area contributed by atoms with E-state index in [1.54, 1.807) is 6.07 Å². The first-order valence-electron chi connectivity index (χ1n) is 5.45. The summed E-state index contributed by atoms with van der Waals surface area (Å²) in [5.74, 6) is -2.40. The highest BCUT2D eigenvalue weighted by Crippen LogP contribution is 2.23. The molecule has 0 N–H and O–H groups in total. The summed E-state index contributed by atoms with van der Waals surface area (Å²) >= 11 is 0. The summed E-state index contributed by atoms with van der Waals surface area (Å²) in [5.41, 5.74) is -0.149. The molecule has 0 aromatic heterocycles. The first kappa shape index (κ1) is 15.0. The van der Waals surface area contributed by atoms with Gasteiger partial charge in [-0.1, -0.05) is 18.2 Å². The fraction of sp³-hybridized carbons (Fsp3) is 0.333. The van der Waals surface area contributed by atoms with Gasteiger partial charge in [0.1, 0.15) is 6.54 Å². The lowest BCUT2D eigenvalue weighted by atomic mass is 10.2. The molecule has 1 aromatic rings. The largest absolute Gasteiger partial charge is 0.487 e. The fourth-order valence-corrected chi connectivity index (χ4v) is 1.35. The highest BCUT2D eigenvalue weighted by atomic mass is 19.4. The molecule has 0 aliphatic carbocycles. The van der Waals surface area contributed by atoms with E-state index in [2.05, 4.69) is 4.74 Å². The van der Waals surface area contributed by atoms with Crippen molar-refractivity contribution in [3.8, 4) is 0 Å². The van der Waals surface area contributed by atoms with Crippen LogP contribution in [0.15, 0.2) is 30.3 Å². The van der Waals surface area contributed by atoms with E-state index in [1.165, 1.54) is 31.2 Å². The van der Waals surface area contributed by atoms with Crippen molar-refractivity contribution < 1.29 is 27.5 Å². The summed E-state index contributed by atoms with van der Waals surface area (Å²) in [5, 5.41) is 0. The van der Waals surface area contributed by atoms with Gasteiger partial charge in [0.2, 0.25) is 0 Å². The first-order chi connectivity index (χ1) is 8.86. The van der Waals surface area contributed by atoms with Crippen LogP contribution in [0.3, 0.4) is 0 Å². The Kier molecular flexibility index (Phi) is 4.91. The molecule has 4 nitrogen and oxygen atoms in total. The molecule has 1 amide bonds. The van der Waals surface area contributed by atoms with Gasteiger partial charge >= 0.3 is 12.3 Å². The van der Waals surface area contributed by atoms with Gasteiger partial charge in [-0.05, 0) is 19.1 Å². The smallest absolute Gasteiger partial charge is 0.465 e. The van der Waals surface area contributed by atoms with Gasteiger partial charge in [-0.25, -0.2) is 4.90 Å². The minimum atomic E-state index is -4.94. The molecule has 1 rings (SSSR count). The number of nitrogens with zero attached hydrogens (tertiary/aromatic N) is 1. The number of carbonyl (C=O) groups is 2. The van der Waals surface area contributed by atoms with Crippen molar-refractivity contribution in [2.75, 3.05) is 13.2 Å². The van der Waals surface area contributed by atoms with Crippen molar-refractivity contribution in [2.45, 2.75) is 13.2 Å². The second kappa shape index (κ2) is 6.21. The zero-order valence-corrected chi connectivity index (χ0v) is 10.1. The zero-order valence-electron chi connectivity index (χ0n) is 10.1. The summed E-state index contributed by atoms with van der Waals surface area (Å²) in [6.07, 6.45) is -4.94. The lowest BCUT2D eigenvalue weighted by Gasteiger charge is -2.23. The van der Waals surface area contributed by atoms with Gasteiger partial charge in [-0.3, -0.25) is 9.59 Å². The Labute approximate surface area is 107 Å². The Morgan fingerprint density at radius 1 is 1.21 bits per heavy atom. The van der Waals surface area contributed by atoms with Gasteiger partial charge in [0.25, 0.3) is 5.91 Å². The lowest BCUT2D eigenvalue weighted by molar-refractivity contribution is -0.227. The standard InChI is InChI=1S/C12H12F3NO3/c1-2-19-10(17)8-16(12(13,14)15)11(18)9-6-4-3-5-7-9/h3-7H,2,8H2,1H3. The van der Waals surface area contributed by atoms with E-state index in [0.29, 0.717) is 0 Å². The molecule has 0 fully saturated rings. The number of rotatable bonds is 4. The van der Waals surface area contributed by atoms with E-state index < -0.39 is 29.6 Å². The third kappa shape index (κ3) is 4.27. The number of amides is 1. The van der Waals surface area contributed by atoms with Gasteiger partial charge in [0.15, 0.2) is 0 Å². The molecule has 0 aliphatic heterocycles. The average Bonchev–Trinajstić information content (AvgIpc) is 2.35. The first-order valence-corrected chi connectivity index (χ1v) is 5.45. The molecule has 7 heteroatoms. The summed E-state index contributed by atoms with van der Waals surface area (Å²) in [4.78, 5) is 22.4. The third-order valence-electron chi connectivity index (χ3n) is 2.16. The van der Waals surface area contributed by atoms with Crippen LogP contribution in [0.25, 0.3) is 0 Å². The van der Waals surface area contributed by atoms with Crippen molar-refractivity contribution in [3.05, 3.63) is 35.9 Å². The van der Waals surface area contributed by atoms with Crippen LogP contribution in [0, 0.1) is 0 Å².